The zero-order valence-corrected chi connectivity index (χ0v) is 13.3. The van der Waals surface area contributed by atoms with Crippen LogP contribution in [0.1, 0.15) is 18.4 Å². The van der Waals surface area contributed by atoms with E-state index in [1.165, 1.54) is 24.1 Å². The quantitative estimate of drug-likeness (QED) is 0.635. The molecular weight excluding hydrogens is 264 g/mol. The Morgan fingerprint density at radius 1 is 1.24 bits per heavy atom. The van der Waals surface area contributed by atoms with Crippen LogP contribution in [0, 0.1) is 5.92 Å². The fraction of sp³-hybridized carbons (Fsp3) is 0.647. The first-order valence-corrected chi connectivity index (χ1v) is 7.87. The molecule has 1 aliphatic rings. The van der Waals surface area contributed by atoms with Gasteiger partial charge in [0.2, 0.25) is 0 Å². The van der Waals surface area contributed by atoms with Gasteiger partial charge in [0.05, 0.1) is 13.2 Å². The lowest BCUT2D eigenvalue weighted by Gasteiger charge is -2.22. The van der Waals surface area contributed by atoms with Gasteiger partial charge in [-0.25, -0.2) is 0 Å². The van der Waals surface area contributed by atoms with Crippen molar-refractivity contribution < 1.29 is 9.47 Å². The van der Waals surface area contributed by atoms with Crippen molar-refractivity contribution in [3.05, 3.63) is 29.8 Å². The topological polar surface area (TPSA) is 33.7 Å². The van der Waals surface area contributed by atoms with Crippen molar-refractivity contribution in [1.82, 2.24) is 5.32 Å². The van der Waals surface area contributed by atoms with Gasteiger partial charge in [-0.2, -0.15) is 0 Å². The molecule has 1 saturated carbocycles. The van der Waals surface area contributed by atoms with Crippen molar-refractivity contribution >= 4 is 5.69 Å². The Kier molecular flexibility index (Phi) is 7.00. The predicted molar refractivity (Wildman–Crippen MR) is 86.8 cm³/mol. The fourth-order valence-corrected chi connectivity index (χ4v) is 2.29. The number of para-hydroxylation sites is 1. The van der Waals surface area contributed by atoms with Crippen LogP contribution in [-0.4, -0.2) is 47.1 Å². The van der Waals surface area contributed by atoms with Crippen LogP contribution in [0.4, 0.5) is 5.69 Å². The first kappa shape index (κ1) is 16.3. The standard InChI is InChI=1S/C17H28N2O2/c1-19(10-12-21-14-15-7-8-15)17-6-4-3-5-16(17)13-18-9-11-20-2/h3-6,15,18H,7-14H2,1-2H3. The molecule has 0 saturated heterocycles. The van der Waals surface area contributed by atoms with E-state index in [9.17, 15) is 0 Å². The molecular formula is C17H28N2O2. The van der Waals surface area contributed by atoms with Gasteiger partial charge in [-0.15, -0.1) is 0 Å². The van der Waals surface area contributed by atoms with E-state index in [2.05, 4.69) is 41.5 Å². The average molecular weight is 292 g/mol. The predicted octanol–water partition coefficient (Wildman–Crippen LogP) is 2.29. The first-order chi connectivity index (χ1) is 10.3. The summed E-state index contributed by atoms with van der Waals surface area (Å²) in [5.41, 5.74) is 2.59. The molecule has 0 aliphatic heterocycles. The van der Waals surface area contributed by atoms with E-state index in [4.69, 9.17) is 9.47 Å². The third-order valence-electron chi connectivity index (χ3n) is 3.82. The van der Waals surface area contributed by atoms with Crippen molar-refractivity contribution in [2.45, 2.75) is 19.4 Å². The number of nitrogens with one attached hydrogen (secondary N) is 1. The molecule has 4 heteroatoms. The smallest absolute Gasteiger partial charge is 0.0641 e. The van der Waals surface area contributed by atoms with Gasteiger partial charge < -0.3 is 19.7 Å². The minimum absolute atomic E-state index is 0.743. The van der Waals surface area contributed by atoms with Gasteiger partial charge in [0.15, 0.2) is 0 Å². The lowest BCUT2D eigenvalue weighted by Crippen LogP contribution is -2.26. The van der Waals surface area contributed by atoms with Gasteiger partial charge in [-0.05, 0) is 30.4 Å². The van der Waals surface area contributed by atoms with Crippen LogP contribution < -0.4 is 10.2 Å². The van der Waals surface area contributed by atoms with Crippen LogP contribution in [-0.2, 0) is 16.0 Å². The number of rotatable bonds is 11. The van der Waals surface area contributed by atoms with Crippen molar-refractivity contribution in [2.24, 2.45) is 5.92 Å². The second-order valence-corrected chi connectivity index (χ2v) is 5.74. The maximum absolute atomic E-state index is 5.73. The molecule has 0 amide bonds. The Morgan fingerprint density at radius 3 is 2.81 bits per heavy atom. The summed E-state index contributed by atoms with van der Waals surface area (Å²) >= 11 is 0. The molecule has 21 heavy (non-hydrogen) atoms. The van der Waals surface area contributed by atoms with Gasteiger partial charge in [-0.3, -0.25) is 0 Å². The second kappa shape index (κ2) is 9.03. The minimum Gasteiger partial charge on any atom is -0.383 e. The molecule has 0 unspecified atom stereocenters. The number of nitrogens with zero attached hydrogens (tertiary/aromatic N) is 1. The normalized spacial score (nSPS) is 14.4. The van der Waals surface area contributed by atoms with Crippen LogP contribution >= 0.6 is 0 Å². The van der Waals surface area contributed by atoms with Crippen LogP contribution in [0.2, 0.25) is 0 Å². The minimum atomic E-state index is 0.743. The van der Waals surface area contributed by atoms with Crippen LogP contribution in [0.5, 0.6) is 0 Å². The molecule has 0 atom stereocenters. The molecule has 1 aromatic rings. The van der Waals surface area contributed by atoms with E-state index in [1.807, 2.05) is 0 Å². The lowest BCUT2D eigenvalue weighted by atomic mass is 10.1. The molecule has 4 nitrogen and oxygen atoms in total. The molecule has 0 heterocycles. The third-order valence-corrected chi connectivity index (χ3v) is 3.82. The Bertz CT molecular complexity index is 408. The summed E-state index contributed by atoms with van der Waals surface area (Å²) in [5.74, 6) is 0.840. The summed E-state index contributed by atoms with van der Waals surface area (Å²) in [6, 6.07) is 8.54. The third kappa shape index (κ3) is 6.04. The van der Waals surface area contributed by atoms with Crippen molar-refractivity contribution in [3.63, 3.8) is 0 Å². The highest BCUT2D eigenvalue weighted by Gasteiger charge is 2.21. The maximum atomic E-state index is 5.73. The number of anilines is 1. The largest absolute Gasteiger partial charge is 0.383 e. The van der Waals surface area contributed by atoms with E-state index in [1.54, 1.807) is 7.11 Å². The van der Waals surface area contributed by atoms with E-state index in [-0.39, 0.29) is 0 Å². The number of benzene rings is 1. The monoisotopic (exact) mass is 292 g/mol. The van der Waals surface area contributed by atoms with E-state index < -0.39 is 0 Å². The summed E-state index contributed by atoms with van der Waals surface area (Å²) in [4.78, 5) is 2.28. The molecule has 118 valence electrons. The molecule has 0 bridgehead atoms. The van der Waals surface area contributed by atoms with Crippen molar-refractivity contribution in [1.29, 1.82) is 0 Å². The lowest BCUT2D eigenvalue weighted by molar-refractivity contribution is 0.131. The number of likely N-dealkylation sites (N-methyl/N-ethyl adjacent to an activating group) is 1. The maximum Gasteiger partial charge on any atom is 0.0641 e. The number of hydrogen-bond donors (Lipinski definition) is 1. The van der Waals surface area contributed by atoms with Crippen LogP contribution in [0.15, 0.2) is 24.3 Å². The summed E-state index contributed by atoms with van der Waals surface area (Å²) in [7, 11) is 3.86. The molecule has 1 fully saturated rings. The summed E-state index contributed by atoms with van der Waals surface area (Å²) in [6.07, 6.45) is 2.71. The molecule has 0 spiro atoms. The molecule has 0 aromatic heterocycles. The number of ether oxygens (including phenoxy) is 2. The number of hydrogen-bond acceptors (Lipinski definition) is 4. The second-order valence-electron chi connectivity index (χ2n) is 5.74. The molecule has 1 aromatic carbocycles. The van der Waals surface area contributed by atoms with Crippen molar-refractivity contribution in [3.8, 4) is 0 Å². The number of methoxy groups -OCH3 is 1. The SMILES string of the molecule is COCCNCc1ccccc1N(C)CCOCC1CC1. The fourth-order valence-electron chi connectivity index (χ4n) is 2.29. The summed E-state index contributed by atoms with van der Waals surface area (Å²) in [5, 5.41) is 3.41. The van der Waals surface area contributed by atoms with E-state index >= 15 is 0 Å². The van der Waals surface area contributed by atoms with Gasteiger partial charge >= 0.3 is 0 Å². The molecule has 2 rings (SSSR count). The zero-order chi connectivity index (χ0) is 14.9. The van der Waals surface area contributed by atoms with Gasteiger partial charge in [0, 0.05) is 46.1 Å². The highest BCUT2D eigenvalue weighted by Crippen LogP contribution is 2.28. The van der Waals surface area contributed by atoms with E-state index in [0.29, 0.717) is 0 Å². The summed E-state index contributed by atoms with van der Waals surface area (Å²) < 4.78 is 10.8. The van der Waals surface area contributed by atoms with Gasteiger partial charge in [0.1, 0.15) is 0 Å². The van der Waals surface area contributed by atoms with Gasteiger partial charge in [0.25, 0.3) is 0 Å². The average Bonchev–Trinajstić information content (AvgIpc) is 3.32. The zero-order valence-electron chi connectivity index (χ0n) is 13.3. The van der Waals surface area contributed by atoms with Crippen molar-refractivity contribution in [2.75, 3.05) is 52.0 Å². The molecule has 1 N–H and O–H groups in total. The molecule has 1 aliphatic carbocycles. The van der Waals surface area contributed by atoms with Crippen LogP contribution in [0.3, 0.4) is 0 Å². The van der Waals surface area contributed by atoms with Gasteiger partial charge in [-0.1, -0.05) is 18.2 Å². The Morgan fingerprint density at radius 2 is 2.05 bits per heavy atom. The Balaban J connectivity index is 1.76. The summed E-state index contributed by atoms with van der Waals surface area (Å²) in [6.45, 7) is 5.16. The highest BCUT2D eigenvalue weighted by atomic mass is 16.5. The van der Waals surface area contributed by atoms with E-state index in [0.717, 1.165) is 45.4 Å². The Hall–Kier alpha value is -1.10. The first-order valence-electron chi connectivity index (χ1n) is 7.87. The molecule has 0 radical (unpaired) electrons. The van der Waals surface area contributed by atoms with Crippen LogP contribution in [0.25, 0.3) is 0 Å². The Labute approximate surface area is 128 Å². The highest BCUT2D eigenvalue weighted by molar-refractivity contribution is 5.53.